The van der Waals surface area contributed by atoms with Crippen LogP contribution in [-0.2, 0) is 19.1 Å². The van der Waals surface area contributed by atoms with Crippen molar-refractivity contribution in [3.8, 4) is 28.7 Å². The van der Waals surface area contributed by atoms with Crippen molar-refractivity contribution in [2.24, 2.45) is 11.3 Å². The Bertz CT molecular complexity index is 1470. The number of benzene rings is 3. The molecule has 0 aromatic heterocycles. The summed E-state index contributed by atoms with van der Waals surface area (Å²) in [4.78, 5) is 26.4. The molecule has 42 heavy (non-hydrogen) atoms. The molecule has 0 radical (unpaired) electrons. The second-order valence-corrected chi connectivity index (χ2v) is 11.4. The normalized spacial score (nSPS) is 18.7. The highest BCUT2D eigenvalue weighted by Gasteiger charge is 2.48. The van der Waals surface area contributed by atoms with Crippen LogP contribution >= 0.6 is 0 Å². The first-order valence-electron chi connectivity index (χ1n) is 14.0. The van der Waals surface area contributed by atoms with Crippen molar-refractivity contribution in [3.05, 3.63) is 76.9 Å². The maximum atomic E-state index is 14.0. The van der Waals surface area contributed by atoms with Crippen molar-refractivity contribution in [1.82, 2.24) is 0 Å². The number of methoxy groups -OCH3 is 1. The highest BCUT2D eigenvalue weighted by atomic mass is 16.7. The van der Waals surface area contributed by atoms with E-state index in [2.05, 4.69) is 0 Å². The van der Waals surface area contributed by atoms with Gasteiger partial charge < -0.3 is 33.5 Å². The summed E-state index contributed by atoms with van der Waals surface area (Å²) in [5.74, 6) is -0.656. The number of esters is 2. The number of phenolic OH excluding ortho intramolecular Hbond substituents is 1. The third-order valence-electron chi connectivity index (χ3n) is 7.52. The zero-order chi connectivity index (χ0) is 30.0. The highest BCUT2D eigenvalue weighted by Crippen LogP contribution is 2.56. The smallest absolute Gasteiger partial charge is 0.314 e. The molecule has 1 N–H and O–H groups in total. The molecule has 0 saturated heterocycles. The lowest BCUT2D eigenvalue weighted by molar-refractivity contribution is -0.175. The van der Waals surface area contributed by atoms with E-state index in [0.29, 0.717) is 35.2 Å². The van der Waals surface area contributed by atoms with Crippen LogP contribution in [-0.4, -0.2) is 44.3 Å². The average molecular weight is 577 g/mol. The summed E-state index contributed by atoms with van der Waals surface area (Å²) in [5.41, 5.74) is 2.29. The first kappa shape index (κ1) is 29.1. The Morgan fingerprint density at radius 3 is 2.33 bits per heavy atom. The van der Waals surface area contributed by atoms with Gasteiger partial charge in [0.15, 0.2) is 11.5 Å². The predicted octanol–water partition coefficient (Wildman–Crippen LogP) is 5.90. The van der Waals surface area contributed by atoms with Gasteiger partial charge in [0, 0.05) is 23.5 Å². The number of fused-ring (bicyclic) bond motifs is 2. The van der Waals surface area contributed by atoms with Crippen molar-refractivity contribution in [1.29, 1.82) is 0 Å². The average Bonchev–Trinajstić information content (AvgIpc) is 3.57. The van der Waals surface area contributed by atoms with Crippen molar-refractivity contribution >= 4 is 11.9 Å². The Morgan fingerprint density at radius 1 is 0.881 bits per heavy atom. The van der Waals surface area contributed by atoms with Crippen molar-refractivity contribution in [3.63, 3.8) is 0 Å². The minimum atomic E-state index is -0.825. The molecule has 0 bridgehead atoms. The van der Waals surface area contributed by atoms with E-state index in [9.17, 15) is 14.7 Å². The molecule has 3 atom stereocenters. The van der Waals surface area contributed by atoms with Crippen LogP contribution < -0.4 is 18.9 Å². The minimum absolute atomic E-state index is 0.0199. The summed E-state index contributed by atoms with van der Waals surface area (Å²) in [6, 6.07) is 16.4. The summed E-state index contributed by atoms with van der Waals surface area (Å²) in [7, 11) is 1.52. The first-order chi connectivity index (χ1) is 20.1. The van der Waals surface area contributed by atoms with E-state index in [1.54, 1.807) is 32.9 Å². The van der Waals surface area contributed by atoms with Gasteiger partial charge in [0.1, 0.15) is 17.2 Å². The number of aromatic hydroxyl groups is 1. The van der Waals surface area contributed by atoms with E-state index < -0.39 is 41.9 Å². The topological polar surface area (TPSA) is 110 Å². The maximum absolute atomic E-state index is 14.0. The van der Waals surface area contributed by atoms with Crippen LogP contribution in [0.25, 0.3) is 0 Å². The van der Waals surface area contributed by atoms with E-state index in [0.717, 1.165) is 23.1 Å². The highest BCUT2D eigenvalue weighted by molar-refractivity contribution is 5.81. The van der Waals surface area contributed by atoms with Crippen molar-refractivity contribution in [2.75, 3.05) is 27.3 Å². The Kier molecular flexibility index (Phi) is 8.20. The molecule has 3 aromatic rings. The Labute approximate surface area is 245 Å². The number of hydrogen-bond donors (Lipinski definition) is 1. The summed E-state index contributed by atoms with van der Waals surface area (Å²) in [6.07, 6.45) is 0.835. The van der Waals surface area contributed by atoms with E-state index in [-0.39, 0.29) is 12.5 Å². The third kappa shape index (κ3) is 5.68. The molecular weight excluding hydrogens is 540 g/mol. The van der Waals surface area contributed by atoms with Gasteiger partial charge in [-0.1, -0.05) is 25.1 Å². The van der Waals surface area contributed by atoms with E-state index in [1.165, 1.54) is 13.2 Å². The lowest BCUT2D eigenvalue weighted by Gasteiger charge is -2.26. The van der Waals surface area contributed by atoms with Gasteiger partial charge in [0.2, 0.25) is 13.6 Å². The van der Waals surface area contributed by atoms with Gasteiger partial charge in [0.25, 0.3) is 0 Å². The molecule has 1 heterocycles. The van der Waals surface area contributed by atoms with Crippen LogP contribution in [0.4, 0.5) is 0 Å². The SMILES string of the molecule is CCCOc1ccc2c(c1)C(c1ccc(OC)cc1O)C(C(=O)OCOC(=O)C(C)(C)C)C2c1ccc2c(c1)OCO2. The largest absolute Gasteiger partial charge is 0.508 e. The number of ether oxygens (including phenoxy) is 6. The molecule has 3 aromatic carbocycles. The number of carbonyl (C=O) groups excluding carboxylic acids is 2. The lowest BCUT2D eigenvalue weighted by Crippen LogP contribution is -2.29. The standard InChI is InChI=1S/C33H36O9/c1-6-13-38-21-9-10-22-24(15-21)29(23-11-8-20(37-5)16-25(23)34)30(31(35)41-18-42-32(36)33(2,3)4)28(22)19-7-12-26-27(14-19)40-17-39-26/h7-12,14-16,28-30,34H,6,13,17-18H2,1-5H3. The van der Waals surface area contributed by atoms with Gasteiger partial charge in [-0.2, -0.15) is 0 Å². The van der Waals surface area contributed by atoms with Gasteiger partial charge in [-0.05, 0) is 74.2 Å². The van der Waals surface area contributed by atoms with E-state index in [4.69, 9.17) is 28.4 Å². The minimum Gasteiger partial charge on any atom is -0.508 e. The second kappa shape index (κ2) is 11.8. The zero-order valence-corrected chi connectivity index (χ0v) is 24.5. The van der Waals surface area contributed by atoms with Gasteiger partial charge >= 0.3 is 11.9 Å². The molecule has 222 valence electrons. The molecule has 9 heteroatoms. The van der Waals surface area contributed by atoms with Gasteiger partial charge in [-0.3, -0.25) is 9.59 Å². The van der Waals surface area contributed by atoms with Crippen molar-refractivity contribution in [2.45, 2.75) is 46.0 Å². The number of rotatable bonds is 9. The molecule has 3 unspecified atom stereocenters. The predicted molar refractivity (Wildman–Crippen MR) is 153 cm³/mol. The van der Waals surface area contributed by atoms with Crippen molar-refractivity contribution < 1.29 is 43.1 Å². The van der Waals surface area contributed by atoms with Crippen LogP contribution in [0.3, 0.4) is 0 Å². The summed E-state index contributed by atoms with van der Waals surface area (Å²) >= 11 is 0. The molecule has 9 nitrogen and oxygen atoms in total. The molecule has 0 fully saturated rings. The quantitative estimate of drug-likeness (QED) is 0.246. The first-order valence-corrected chi connectivity index (χ1v) is 14.0. The van der Waals surface area contributed by atoms with E-state index in [1.807, 2.05) is 43.3 Å². The Morgan fingerprint density at radius 2 is 1.62 bits per heavy atom. The molecule has 2 aliphatic rings. The fourth-order valence-corrected chi connectivity index (χ4v) is 5.49. The molecule has 0 saturated carbocycles. The van der Waals surface area contributed by atoms with Crippen LogP contribution in [0, 0.1) is 11.3 Å². The van der Waals surface area contributed by atoms with Crippen LogP contribution in [0.5, 0.6) is 28.7 Å². The zero-order valence-electron chi connectivity index (χ0n) is 24.5. The maximum Gasteiger partial charge on any atom is 0.314 e. The van der Waals surface area contributed by atoms with Crippen LogP contribution in [0.1, 0.15) is 68.2 Å². The molecule has 5 rings (SSSR count). The lowest BCUT2D eigenvalue weighted by atomic mass is 9.79. The Hall–Kier alpha value is -4.40. The van der Waals surface area contributed by atoms with Crippen LogP contribution in [0.2, 0.25) is 0 Å². The summed E-state index contributed by atoms with van der Waals surface area (Å²) < 4.78 is 33.3. The summed E-state index contributed by atoms with van der Waals surface area (Å²) in [5, 5.41) is 11.2. The molecule has 1 aliphatic carbocycles. The van der Waals surface area contributed by atoms with Crippen LogP contribution in [0.15, 0.2) is 54.6 Å². The number of carbonyl (C=O) groups is 2. The summed E-state index contributed by atoms with van der Waals surface area (Å²) in [6.45, 7) is 7.32. The fraction of sp³-hybridized carbons (Fsp3) is 0.394. The van der Waals surface area contributed by atoms with Gasteiger partial charge in [-0.25, -0.2) is 0 Å². The third-order valence-corrected chi connectivity index (χ3v) is 7.52. The monoisotopic (exact) mass is 576 g/mol. The second-order valence-electron chi connectivity index (χ2n) is 11.4. The van der Waals surface area contributed by atoms with Gasteiger partial charge in [-0.15, -0.1) is 0 Å². The molecular formula is C33H36O9. The van der Waals surface area contributed by atoms with Gasteiger partial charge in [0.05, 0.1) is 25.0 Å². The Balaban J connectivity index is 1.61. The molecule has 0 amide bonds. The number of phenols is 1. The number of hydrogen-bond acceptors (Lipinski definition) is 9. The van der Waals surface area contributed by atoms with E-state index >= 15 is 0 Å². The molecule has 1 aliphatic heterocycles. The molecule has 0 spiro atoms. The fourth-order valence-electron chi connectivity index (χ4n) is 5.49.